The SMILES string of the molecule is CCC[C@H](C)C(=O)N1CCn2c(nnc2C(C)C)C1. The average Bonchev–Trinajstić information content (AvgIpc) is 2.80. The molecule has 0 aromatic carbocycles. The Hall–Kier alpha value is -1.39. The van der Waals surface area contributed by atoms with Crippen LogP contribution >= 0.6 is 0 Å². The van der Waals surface area contributed by atoms with Crippen LogP contribution in [0.25, 0.3) is 0 Å². The fourth-order valence-corrected chi connectivity index (χ4v) is 2.66. The number of aromatic nitrogens is 3. The number of carbonyl (C=O) groups excluding carboxylic acids is 1. The summed E-state index contributed by atoms with van der Waals surface area (Å²) >= 11 is 0. The molecule has 0 N–H and O–H groups in total. The molecule has 0 radical (unpaired) electrons. The van der Waals surface area contributed by atoms with Crippen molar-refractivity contribution in [2.75, 3.05) is 6.54 Å². The average molecular weight is 264 g/mol. The van der Waals surface area contributed by atoms with E-state index in [0.29, 0.717) is 12.5 Å². The fraction of sp³-hybridized carbons (Fsp3) is 0.786. The second kappa shape index (κ2) is 5.72. The Balaban J connectivity index is 2.08. The van der Waals surface area contributed by atoms with Gasteiger partial charge in [0.05, 0.1) is 6.54 Å². The maximum Gasteiger partial charge on any atom is 0.225 e. The van der Waals surface area contributed by atoms with Crippen LogP contribution in [0.1, 0.15) is 58.1 Å². The van der Waals surface area contributed by atoms with E-state index in [-0.39, 0.29) is 11.8 Å². The van der Waals surface area contributed by atoms with Crippen molar-refractivity contribution in [1.82, 2.24) is 19.7 Å². The monoisotopic (exact) mass is 264 g/mol. The molecule has 1 aromatic heterocycles. The lowest BCUT2D eigenvalue weighted by atomic mass is 10.0. The van der Waals surface area contributed by atoms with Crippen LogP contribution in [-0.4, -0.2) is 32.1 Å². The molecular weight excluding hydrogens is 240 g/mol. The first kappa shape index (κ1) is 14.0. The van der Waals surface area contributed by atoms with Crippen LogP contribution in [0, 0.1) is 5.92 Å². The molecule has 0 unspecified atom stereocenters. The summed E-state index contributed by atoms with van der Waals surface area (Å²) in [5.74, 6) is 2.70. The van der Waals surface area contributed by atoms with Crippen molar-refractivity contribution in [3.05, 3.63) is 11.6 Å². The number of nitrogens with zero attached hydrogens (tertiary/aromatic N) is 4. The van der Waals surface area contributed by atoms with Crippen LogP contribution in [0.5, 0.6) is 0 Å². The predicted molar refractivity (Wildman–Crippen MR) is 73.6 cm³/mol. The highest BCUT2D eigenvalue weighted by Gasteiger charge is 2.27. The van der Waals surface area contributed by atoms with Crippen molar-refractivity contribution >= 4 is 5.91 Å². The van der Waals surface area contributed by atoms with Gasteiger partial charge in [-0.1, -0.05) is 34.1 Å². The zero-order valence-electron chi connectivity index (χ0n) is 12.4. The zero-order chi connectivity index (χ0) is 14.0. The fourth-order valence-electron chi connectivity index (χ4n) is 2.66. The van der Waals surface area contributed by atoms with Gasteiger partial charge in [-0.2, -0.15) is 0 Å². The molecule has 2 rings (SSSR count). The Bertz CT molecular complexity index is 452. The summed E-state index contributed by atoms with van der Waals surface area (Å²) in [4.78, 5) is 14.2. The second-order valence-electron chi connectivity index (χ2n) is 5.73. The van der Waals surface area contributed by atoms with Gasteiger partial charge in [-0.25, -0.2) is 0 Å². The lowest BCUT2D eigenvalue weighted by molar-refractivity contribution is -0.136. The lowest BCUT2D eigenvalue weighted by Gasteiger charge is -2.30. The highest BCUT2D eigenvalue weighted by Crippen LogP contribution is 2.20. The van der Waals surface area contributed by atoms with E-state index in [1.54, 1.807) is 0 Å². The van der Waals surface area contributed by atoms with Crippen LogP contribution in [0.2, 0.25) is 0 Å². The Morgan fingerprint density at radius 3 is 2.63 bits per heavy atom. The molecule has 1 aromatic rings. The van der Waals surface area contributed by atoms with Gasteiger partial charge in [-0.15, -0.1) is 10.2 Å². The van der Waals surface area contributed by atoms with Crippen LogP contribution in [-0.2, 0) is 17.9 Å². The molecule has 0 saturated heterocycles. The largest absolute Gasteiger partial charge is 0.333 e. The van der Waals surface area contributed by atoms with Crippen molar-refractivity contribution in [3.8, 4) is 0 Å². The van der Waals surface area contributed by atoms with Crippen molar-refractivity contribution in [2.24, 2.45) is 5.92 Å². The number of rotatable bonds is 4. The van der Waals surface area contributed by atoms with Crippen molar-refractivity contribution in [3.63, 3.8) is 0 Å². The van der Waals surface area contributed by atoms with Gasteiger partial charge in [-0.05, 0) is 6.42 Å². The van der Waals surface area contributed by atoms with E-state index in [0.717, 1.165) is 37.6 Å². The molecule has 0 aliphatic carbocycles. The van der Waals surface area contributed by atoms with Crippen LogP contribution < -0.4 is 0 Å². The van der Waals surface area contributed by atoms with Gasteiger partial charge in [-0.3, -0.25) is 4.79 Å². The number of carbonyl (C=O) groups is 1. The Morgan fingerprint density at radius 1 is 1.26 bits per heavy atom. The van der Waals surface area contributed by atoms with Gasteiger partial charge in [0.2, 0.25) is 5.91 Å². The van der Waals surface area contributed by atoms with Crippen molar-refractivity contribution < 1.29 is 4.79 Å². The Kier molecular flexibility index (Phi) is 4.22. The van der Waals surface area contributed by atoms with E-state index < -0.39 is 0 Å². The third kappa shape index (κ3) is 2.80. The molecule has 1 amide bonds. The lowest BCUT2D eigenvalue weighted by Crippen LogP contribution is -2.41. The van der Waals surface area contributed by atoms with Gasteiger partial charge in [0, 0.05) is 24.9 Å². The van der Waals surface area contributed by atoms with E-state index in [9.17, 15) is 4.79 Å². The highest BCUT2D eigenvalue weighted by atomic mass is 16.2. The van der Waals surface area contributed by atoms with Gasteiger partial charge in [0.25, 0.3) is 0 Å². The molecule has 1 aliphatic heterocycles. The number of amides is 1. The molecule has 106 valence electrons. The zero-order valence-corrected chi connectivity index (χ0v) is 12.4. The minimum absolute atomic E-state index is 0.115. The van der Waals surface area contributed by atoms with E-state index in [1.807, 2.05) is 11.8 Å². The molecule has 19 heavy (non-hydrogen) atoms. The molecule has 1 atom stereocenters. The summed E-state index contributed by atoms with van der Waals surface area (Å²) in [6.07, 6.45) is 2.01. The first-order chi connectivity index (χ1) is 9.04. The predicted octanol–water partition coefficient (Wildman–Crippen LogP) is 2.18. The molecular formula is C14H24N4O. The van der Waals surface area contributed by atoms with Gasteiger partial charge < -0.3 is 9.47 Å². The molecule has 2 heterocycles. The minimum Gasteiger partial charge on any atom is -0.333 e. The molecule has 1 aliphatic rings. The topological polar surface area (TPSA) is 51.0 Å². The van der Waals surface area contributed by atoms with Gasteiger partial charge in [0.15, 0.2) is 5.82 Å². The third-order valence-electron chi connectivity index (χ3n) is 3.75. The van der Waals surface area contributed by atoms with E-state index in [2.05, 4.69) is 35.5 Å². The molecule has 0 saturated carbocycles. The van der Waals surface area contributed by atoms with Crippen LogP contribution in [0.3, 0.4) is 0 Å². The molecule has 0 bridgehead atoms. The molecule has 5 nitrogen and oxygen atoms in total. The van der Waals surface area contributed by atoms with Crippen molar-refractivity contribution in [2.45, 2.75) is 59.5 Å². The summed E-state index contributed by atoms with van der Waals surface area (Å²) in [5.41, 5.74) is 0. The summed E-state index contributed by atoms with van der Waals surface area (Å²) < 4.78 is 2.17. The Morgan fingerprint density at radius 2 is 2.00 bits per heavy atom. The van der Waals surface area contributed by atoms with Crippen LogP contribution in [0.4, 0.5) is 0 Å². The van der Waals surface area contributed by atoms with E-state index in [4.69, 9.17) is 0 Å². The number of fused-ring (bicyclic) bond motifs is 1. The Labute approximate surface area is 115 Å². The maximum atomic E-state index is 12.3. The number of hydrogen-bond donors (Lipinski definition) is 0. The summed E-state index contributed by atoms with van der Waals surface area (Å²) in [7, 11) is 0. The van der Waals surface area contributed by atoms with Crippen LogP contribution in [0.15, 0.2) is 0 Å². The first-order valence-corrected chi connectivity index (χ1v) is 7.25. The number of hydrogen-bond acceptors (Lipinski definition) is 3. The first-order valence-electron chi connectivity index (χ1n) is 7.25. The third-order valence-corrected chi connectivity index (χ3v) is 3.75. The van der Waals surface area contributed by atoms with Gasteiger partial charge >= 0.3 is 0 Å². The standard InChI is InChI=1S/C14H24N4O/c1-5-6-11(4)14(19)17-7-8-18-12(9-17)15-16-13(18)10(2)3/h10-11H,5-9H2,1-4H3/t11-/m0/s1. The van der Waals surface area contributed by atoms with Crippen molar-refractivity contribution in [1.29, 1.82) is 0 Å². The summed E-state index contributed by atoms with van der Waals surface area (Å²) in [6, 6.07) is 0. The summed E-state index contributed by atoms with van der Waals surface area (Å²) in [5, 5.41) is 8.48. The smallest absolute Gasteiger partial charge is 0.225 e. The second-order valence-corrected chi connectivity index (χ2v) is 5.73. The van der Waals surface area contributed by atoms with E-state index in [1.165, 1.54) is 0 Å². The van der Waals surface area contributed by atoms with E-state index >= 15 is 0 Å². The van der Waals surface area contributed by atoms with Gasteiger partial charge in [0.1, 0.15) is 5.82 Å². The highest BCUT2D eigenvalue weighted by molar-refractivity contribution is 5.78. The molecule has 5 heteroatoms. The maximum absolute atomic E-state index is 12.3. The molecule has 0 fully saturated rings. The quantitative estimate of drug-likeness (QED) is 0.837. The normalized spacial score (nSPS) is 16.6. The molecule has 0 spiro atoms. The minimum atomic E-state index is 0.115. The summed E-state index contributed by atoms with van der Waals surface area (Å²) in [6.45, 7) is 10.6.